The maximum absolute atomic E-state index is 12.3. The van der Waals surface area contributed by atoms with E-state index in [9.17, 15) is 14.4 Å². The summed E-state index contributed by atoms with van der Waals surface area (Å²) in [6.07, 6.45) is 4.04. The minimum atomic E-state index is -1.05. The molecule has 0 spiro atoms. The lowest BCUT2D eigenvalue weighted by molar-refractivity contribution is -0.110. The number of nitrogens with one attached hydrogen (secondary N) is 2. The maximum Gasteiger partial charge on any atom is 0.335 e. The highest BCUT2D eigenvalue weighted by Crippen LogP contribution is 2.35. The summed E-state index contributed by atoms with van der Waals surface area (Å²) in [4.78, 5) is 40.4. The molecular formula is C18H15N3O4. The first-order valence-electron chi connectivity index (χ1n) is 7.82. The summed E-state index contributed by atoms with van der Waals surface area (Å²) in [5, 5.41) is 11.9. The number of carbonyl (C=O) groups excluding carboxylic acids is 2. The highest BCUT2D eigenvalue weighted by Gasteiger charge is 2.28. The Bertz CT molecular complexity index is 971. The number of aromatic amines is 1. The molecule has 1 aromatic carbocycles. The van der Waals surface area contributed by atoms with Crippen molar-refractivity contribution in [3.8, 4) is 0 Å². The number of aromatic carboxylic acids is 1. The molecule has 3 N–H and O–H groups in total. The van der Waals surface area contributed by atoms with Gasteiger partial charge in [0.25, 0.3) is 11.8 Å². The topological polar surface area (TPSA) is 102 Å². The second-order valence-electron chi connectivity index (χ2n) is 6.15. The molecule has 0 fully saturated rings. The number of anilines is 1. The number of benzene rings is 1. The third-order valence-electron chi connectivity index (χ3n) is 4.63. The number of rotatable bonds is 2. The summed E-state index contributed by atoms with van der Waals surface area (Å²) in [5.74, 6) is -1.39. The van der Waals surface area contributed by atoms with Gasteiger partial charge in [-0.1, -0.05) is 0 Å². The Labute approximate surface area is 143 Å². The summed E-state index contributed by atoms with van der Waals surface area (Å²) in [6, 6.07) is 4.52. The Hall–Kier alpha value is -3.35. The molecule has 0 bridgehead atoms. The number of hydrogen-bond donors (Lipinski definition) is 3. The molecule has 2 aliphatic rings. The van der Waals surface area contributed by atoms with Crippen molar-refractivity contribution in [3.05, 3.63) is 52.3 Å². The molecule has 2 aromatic rings. The van der Waals surface area contributed by atoms with Gasteiger partial charge in [-0.15, -0.1) is 0 Å². The molecule has 0 saturated carbocycles. The highest BCUT2D eigenvalue weighted by molar-refractivity contribution is 6.35. The van der Waals surface area contributed by atoms with Gasteiger partial charge in [-0.25, -0.2) is 4.79 Å². The second kappa shape index (κ2) is 5.34. The van der Waals surface area contributed by atoms with E-state index in [4.69, 9.17) is 5.11 Å². The van der Waals surface area contributed by atoms with E-state index in [-0.39, 0.29) is 17.4 Å². The average molecular weight is 337 g/mol. The first-order chi connectivity index (χ1) is 12.0. The van der Waals surface area contributed by atoms with Crippen LogP contribution in [0.5, 0.6) is 0 Å². The Morgan fingerprint density at radius 2 is 2.08 bits per heavy atom. The molecule has 3 heterocycles. The summed E-state index contributed by atoms with van der Waals surface area (Å²) < 4.78 is 0. The number of nitrogens with zero attached hydrogens (tertiary/aromatic N) is 1. The molecule has 2 aliphatic heterocycles. The molecule has 0 unspecified atom stereocenters. The number of hydrogen-bond acceptors (Lipinski definition) is 3. The van der Waals surface area contributed by atoms with Gasteiger partial charge in [0, 0.05) is 36.7 Å². The van der Waals surface area contributed by atoms with Gasteiger partial charge in [-0.3, -0.25) is 9.59 Å². The Morgan fingerprint density at radius 3 is 2.84 bits per heavy atom. The van der Waals surface area contributed by atoms with Crippen molar-refractivity contribution in [3.63, 3.8) is 0 Å². The van der Waals surface area contributed by atoms with Gasteiger partial charge in [-0.2, -0.15) is 0 Å². The van der Waals surface area contributed by atoms with E-state index in [2.05, 4.69) is 10.3 Å². The lowest BCUT2D eigenvalue weighted by Gasteiger charge is -2.22. The summed E-state index contributed by atoms with van der Waals surface area (Å²) in [7, 11) is 1.75. The van der Waals surface area contributed by atoms with Crippen molar-refractivity contribution in [1.29, 1.82) is 0 Å². The van der Waals surface area contributed by atoms with Gasteiger partial charge in [-0.05, 0) is 36.3 Å². The third-order valence-corrected chi connectivity index (χ3v) is 4.63. The van der Waals surface area contributed by atoms with Crippen LogP contribution in [-0.4, -0.2) is 46.4 Å². The van der Waals surface area contributed by atoms with Crippen molar-refractivity contribution in [1.82, 2.24) is 9.88 Å². The molecular weight excluding hydrogens is 322 g/mol. The van der Waals surface area contributed by atoms with Crippen LogP contribution in [-0.2, 0) is 11.2 Å². The average Bonchev–Trinajstić information content (AvgIpc) is 3.13. The lowest BCUT2D eigenvalue weighted by atomic mass is 9.98. The fourth-order valence-corrected chi connectivity index (χ4v) is 3.25. The number of likely N-dealkylation sites (N-methyl/N-ethyl adjacent to an activating group) is 1. The quantitative estimate of drug-likeness (QED) is 0.728. The number of carboxylic acids is 1. The van der Waals surface area contributed by atoms with Crippen LogP contribution >= 0.6 is 0 Å². The van der Waals surface area contributed by atoms with Crippen LogP contribution in [0.25, 0.3) is 11.6 Å². The summed E-state index contributed by atoms with van der Waals surface area (Å²) in [5.41, 5.74) is 3.82. The number of fused-ring (bicyclic) bond motifs is 2. The van der Waals surface area contributed by atoms with E-state index in [1.165, 1.54) is 12.1 Å². The molecule has 0 radical (unpaired) electrons. The molecule has 2 amide bonds. The van der Waals surface area contributed by atoms with Gasteiger partial charge >= 0.3 is 5.97 Å². The zero-order valence-electron chi connectivity index (χ0n) is 13.4. The van der Waals surface area contributed by atoms with Gasteiger partial charge in [0.2, 0.25) is 0 Å². The minimum Gasteiger partial charge on any atom is -0.478 e. The monoisotopic (exact) mass is 337 g/mol. The summed E-state index contributed by atoms with van der Waals surface area (Å²) in [6.45, 7) is 0.617. The number of carbonyl (C=O) groups is 3. The molecule has 25 heavy (non-hydrogen) atoms. The predicted octanol–water partition coefficient (Wildman–Crippen LogP) is 1.83. The Morgan fingerprint density at radius 1 is 1.28 bits per heavy atom. The summed E-state index contributed by atoms with van der Waals surface area (Å²) >= 11 is 0. The number of carboxylic acid groups (broad SMARTS) is 1. The molecule has 1 aromatic heterocycles. The van der Waals surface area contributed by atoms with Gasteiger partial charge < -0.3 is 20.3 Å². The van der Waals surface area contributed by atoms with E-state index in [1.54, 1.807) is 30.3 Å². The van der Waals surface area contributed by atoms with E-state index in [0.717, 1.165) is 5.56 Å². The van der Waals surface area contributed by atoms with Crippen LogP contribution < -0.4 is 5.32 Å². The van der Waals surface area contributed by atoms with E-state index < -0.39 is 5.97 Å². The number of H-pyrrole nitrogens is 1. The van der Waals surface area contributed by atoms with Crippen LogP contribution in [0.15, 0.2) is 24.4 Å². The van der Waals surface area contributed by atoms with Crippen molar-refractivity contribution in [2.24, 2.45) is 0 Å². The van der Waals surface area contributed by atoms with Crippen LogP contribution in [0, 0.1) is 0 Å². The standard InChI is InChI=1S/C18H15N3O4/c1-21-5-4-10-13(17(21)23)8-19-15(10)7-12-11-6-9(18(24)25)2-3-14(11)20-16(12)22/h2-3,6-8,19H,4-5H2,1H3,(H,20,22)(H,24,25)/b12-7-. The van der Waals surface area contributed by atoms with Crippen molar-refractivity contribution in [2.75, 3.05) is 18.9 Å². The largest absolute Gasteiger partial charge is 0.478 e. The SMILES string of the molecule is CN1CCc2c(c[nH]c2/C=C2\C(=O)Nc3ccc(C(=O)O)cc32)C1=O. The van der Waals surface area contributed by atoms with Crippen LogP contribution in [0.1, 0.15) is 37.5 Å². The van der Waals surface area contributed by atoms with Crippen molar-refractivity contribution in [2.45, 2.75) is 6.42 Å². The third kappa shape index (κ3) is 2.32. The van der Waals surface area contributed by atoms with E-state index >= 15 is 0 Å². The fourth-order valence-electron chi connectivity index (χ4n) is 3.25. The van der Waals surface area contributed by atoms with E-state index in [1.807, 2.05) is 0 Å². The first kappa shape index (κ1) is 15.2. The number of aromatic nitrogens is 1. The van der Waals surface area contributed by atoms with Gasteiger partial charge in [0.1, 0.15) is 0 Å². The number of amides is 2. The maximum atomic E-state index is 12.3. The molecule has 4 rings (SSSR count). The van der Waals surface area contributed by atoms with Gasteiger partial charge in [0.05, 0.1) is 16.7 Å². The Kier molecular flexibility index (Phi) is 3.24. The molecule has 7 heteroatoms. The fraction of sp³-hybridized carbons (Fsp3) is 0.167. The van der Waals surface area contributed by atoms with Crippen LogP contribution in [0.2, 0.25) is 0 Å². The first-order valence-corrected chi connectivity index (χ1v) is 7.82. The normalized spacial score (nSPS) is 17.5. The molecule has 7 nitrogen and oxygen atoms in total. The second-order valence-corrected chi connectivity index (χ2v) is 6.15. The van der Waals surface area contributed by atoms with Crippen LogP contribution in [0.3, 0.4) is 0 Å². The molecule has 126 valence electrons. The van der Waals surface area contributed by atoms with Gasteiger partial charge in [0.15, 0.2) is 0 Å². The van der Waals surface area contributed by atoms with Crippen LogP contribution in [0.4, 0.5) is 5.69 Å². The molecule has 0 aliphatic carbocycles. The highest BCUT2D eigenvalue weighted by atomic mass is 16.4. The zero-order valence-corrected chi connectivity index (χ0v) is 13.4. The smallest absolute Gasteiger partial charge is 0.335 e. The molecule has 0 saturated heterocycles. The zero-order chi connectivity index (χ0) is 17.7. The van der Waals surface area contributed by atoms with Crippen molar-refractivity contribution < 1.29 is 19.5 Å². The van der Waals surface area contributed by atoms with Crippen molar-refractivity contribution >= 4 is 35.1 Å². The Balaban J connectivity index is 1.81. The lowest BCUT2D eigenvalue weighted by Crippen LogP contribution is -2.33. The van der Waals surface area contributed by atoms with E-state index in [0.29, 0.717) is 41.0 Å². The molecule has 0 atom stereocenters. The minimum absolute atomic E-state index is 0.0495. The predicted molar refractivity (Wildman–Crippen MR) is 91.4 cm³/mol.